The molecule has 0 saturated carbocycles. The Balaban J connectivity index is 1.36. The van der Waals surface area contributed by atoms with Gasteiger partial charge in [-0.2, -0.15) is 0 Å². The van der Waals surface area contributed by atoms with Crippen LogP contribution in [0.2, 0.25) is 0 Å². The maximum atomic E-state index is 12.3. The highest BCUT2D eigenvalue weighted by molar-refractivity contribution is 9.10. The summed E-state index contributed by atoms with van der Waals surface area (Å²) in [6.45, 7) is 1.99. The molecule has 4 aromatic rings. The quantitative estimate of drug-likeness (QED) is 0.220. The monoisotopic (exact) mass is 509 g/mol. The van der Waals surface area contributed by atoms with Gasteiger partial charge in [-0.05, 0) is 48.4 Å². The van der Waals surface area contributed by atoms with Gasteiger partial charge in [0.1, 0.15) is 0 Å². The van der Waals surface area contributed by atoms with Gasteiger partial charge in [-0.25, -0.2) is 4.98 Å². The van der Waals surface area contributed by atoms with E-state index >= 15 is 0 Å². The standard InChI is InChI=1S/C24H20BrN3OS2/c1-16(18-5-3-2-4-6-18)27-23(29)15-30-24-28-21-12-11-20(13-22(21)31-24)26-14-17-7-9-19(25)10-8-17/h2-14,16H,15H2,1H3,(H,27,29)/t16-/m0/s1. The molecule has 31 heavy (non-hydrogen) atoms. The van der Waals surface area contributed by atoms with E-state index < -0.39 is 0 Å². The maximum Gasteiger partial charge on any atom is 0.230 e. The molecule has 3 aromatic carbocycles. The number of benzene rings is 3. The Labute approximate surface area is 198 Å². The molecule has 0 aliphatic carbocycles. The first kappa shape index (κ1) is 21.7. The minimum Gasteiger partial charge on any atom is -0.349 e. The second kappa shape index (κ2) is 10.2. The van der Waals surface area contributed by atoms with E-state index in [1.54, 1.807) is 11.3 Å². The number of hydrogen-bond donors (Lipinski definition) is 1. The second-order valence-corrected chi connectivity index (χ2v) is 10.1. The van der Waals surface area contributed by atoms with Crippen molar-refractivity contribution in [2.75, 3.05) is 5.75 Å². The van der Waals surface area contributed by atoms with Crippen molar-refractivity contribution >= 4 is 67.1 Å². The zero-order valence-electron chi connectivity index (χ0n) is 16.8. The van der Waals surface area contributed by atoms with Crippen molar-refractivity contribution in [2.24, 2.45) is 4.99 Å². The number of thiazole rings is 1. The Morgan fingerprint density at radius 3 is 2.71 bits per heavy atom. The van der Waals surface area contributed by atoms with Crippen LogP contribution in [0.25, 0.3) is 10.2 Å². The second-order valence-electron chi connectivity index (χ2n) is 6.93. The lowest BCUT2D eigenvalue weighted by molar-refractivity contribution is -0.119. The molecule has 4 rings (SSSR count). The summed E-state index contributed by atoms with van der Waals surface area (Å²) < 4.78 is 2.99. The molecule has 0 bridgehead atoms. The van der Waals surface area contributed by atoms with E-state index in [1.165, 1.54) is 11.8 Å². The Bertz CT molecular complexity index is 1210. The summed E-state index contributed by atoms with van der Waals surface area (Å²) in [5.41, 5.74) is 3.94. The van der Waals surface area contributed by atoms with Crippen molar-refractivity contribution in [1.82, 2.24) is 10.3 Å². The predicted molar refractivity (Wildman–Crippen MR) is 135 cm³/mol. The summed E-state index contributed by atoms with van der Waals surface area (Å²) >= 11 is 6.48. The van der Waals surface area contributed by atoms with E-state index in [-0.39, 0.29) is 11.9 Å². The van der Waals surface area contributed by atoms with Crippen molar-refractivity contribution in [3.05, 3.63) is 88.4 Å². The van der Waals surface area contributed by atoms with Crippen molar-refractivity contribution in [1.29, 1.82) is 0 Å². The highest BCUT2D eigenvalue weighted by Crippen LogP contribution is 2.32. The number of fused-ring (bicyclic) bond motifs is 1. The molecular formula is C24H20BrN3OS2. The lowest BCUT2D eigenvalue weighted by atomic mass is 10.1. The molecule has 1 amide bonds. The molecule has 0 radical (unpaired) electrons. The molecule has 156 valence electrons. The van der Waals surface area contributed by atoms with E-state index in [0.717, 1.165) is 35.8 Å². The van der Waals surface area contributed by atoms with E-state index in [0.29, 0.717) is 5.75 Å². The fraction of sp³-hybridized carbons (Fsp3) is 0.125. The fourth-order valence-corrected chi connectivity index (χ4v) is 5.14. The first-order valence-corrected chi connectivity index (χ1v) is 12.3. The number of aromatic nitrogens is 1. The first-order chi connectivity index (χ1) is 15.1. The predicted octanol–water partition coefficient (Wildman–Crippen LogP) is 6.78. The summed E-state index contributed by atoms with van der Waals surface area (Å²) in [5, 5.41) is 3.04. The molecular weight excluding hydrogens is 490 g/mol. The molecule has 0 aliphatic heterocycles. The molecule has 0 fully saturated rings. The third-order valence-electron chi connectivity index (χ3n) is 4.59. The Hall–Kier alpha value is -2.48. The molecule has 1 atom stereocenters. The number of rotatable bonds is 7. The fourth-order valence-electron chi connectivity index (χ4n) is 2.97. The van der Waals surface area contributed by atoms with Gasteiger partial charge in [-0.3, -0.25) is 9.79 Å². The minimum absolute atomic E-state index is 0.000367. The molecule has 0 aliphatic rings. The number of carbonyl (C=O) groups excluding carboxylic acids is 1. The van der Waals surface area contributed by atoms with Gasteiger partial charge in [0.2, 0.25) is 5.91 Å². The number of amides is 1. The zero-order chi connectivity index (χ0) is 21.6. The maximum absolute atomic E-state index is 12.3. The molecule has 4 nitrogen and oxygen atoms in total. The van der Waals surface area contributed by atoms with Crippen molar-refractivity contribution in [3.63, 3.8) is 0 Å². The summed E-state index contributed by atoms with van der Waals surface area (Å²) in [4.78, 5) is 21.5. The van der Waals surface area contributed by atoms with Crippen LogP contribution in [0.15, 0.2) is 86.6 Å². The Morgan fingerprint density at radius 2 is 1.94 bits per heavy atom. The normalized spacial score (nSPS) is 12.3. The van der Waals surface area contributed by atoms with Crippen molar-refractivity contribution in [2.45, 2.75) is 17.3 Å². The number of hydrogen-bond acceptors (Lipinski definition) is 5. The van der Waals surface area contributed by atoms with E-state index in [9.17, 15) is 4.79 Å². The number of carbonyl (C=O) groups is 1. The van der Waals surface area contributed by atoms with Gasteiger partial charge < -0.3 is 5.32 Å². The smallest absolute Gasteiger partial charge is 0.230 e. The molecule has 0 saturated heterocycles. The summed E-state index contributed by atoms with van der Waals surface area (Å²) in [5.74, 6) is 0.339. The lowest BCUT2D eigenvalue weighted by Gasteiger charge is -2.13. The van der Waals surface area contributed by atoms with Crippen LogP contribution in [0.5, 0.6) is 0 Å². The molecule has 7 heteroatoms. The van der Waals surface area contributed by atoms with Crippen LogP contribution in [0, 0.1) is 0 Å². The number of nitrogens with zero attached hydrogens (tertiary/aromatic N) is 2. The van der Waals surface area contributed by atoms with Gasteiger partial charge >= 0.3 is 0 Å². The lowest BCUT2D eigenvalue weighted by Crippen LogP contribution is -2.28. The molecule has 0 spiro atoms. The Morgan fingerprint density at radius 1 is 1.16 bits per heavy atom. The third-order valence-corrected chi connectivity index (χ3v) is 7.28. The van der Waals surface area contributed by atoms with Crippen molar-refractivity contribution < 1.29 is 4.79 Å². The SMILES string of the molecule is C[C@H](NC(=O)CSc1nc2ccc(N=Cc3ccc(Br)cc3)cc2s1)c1ccccc1. The summed E-state index contributed by atoms with van der Waals surface area (Å²) in [7, 11) is 0. The van der Waals surface area contributed by atoms with Crippen LogP contribution >= 0.6 is 39.0 Å². The molecule has 1 aromatic heterocycles. The highest BCUT2D eigenvalue weighted by atomic mass is 79.9. The van der Waals surface area contributed by atoms with Crippen LogP contribution in [0.3, 0.4) is 0 Å². The van der Waals surface area contributed by atoms with Gasteiger partial charge in [0.15, 0.2) is 4.34 Å². The number of thioether (sulfide) groups is 1. The van der Waals surface area contributed by atoms with Crippen LogP contribution in [0.4, 0.5) is 5.69 Å². The van der Waals surface area contributed by atoms with E-state index in [1.807, 2.05) is 85.9 Å². The van der Waals surface area contributed by atoms with Gasteiger partial charge in [0, 0.05) is 10.7 Å². The molecule has 1 N–H and O–H groups in total. The topological polar surface area (TPSA) is 54.4 Å². The number of halogens is 1. The zero-order valence-corrected chi connectivity index (χ0v) is 20.0. The highest BCUT2D eigenvalue weighted by Gasteiger charge is 2.11. The molecule has 1 heterocycles. The number of nitrogens with one attached hydrogen (secondary N) is 1. The van der Waals surface area contributed by atoms with Gasteiger partial charge in [-0.1, -0.05) is 70.2 Å². The first-order valence-electron chi connectivity index (χ1n) is 9.74. The summed E-state index contributed by atoms with van der Waals surface area (Å²) in [6, 6.07) is 23.9. The Kier molecular flexibility index (Phi) is 7.17. The average Bonchev–Trinajstić information content (AvgIpc) is 3.20. The van der Waals surface area contributed by atoms with E-state index in [4.69, 9.17) is 0 Å². The third kappa shape index (κ3) is 6.03. The average molecular weight is 510 g/mol. The number of aliphatic imine (C=N–C) groups is 1. The van der Waals surface area contributed by atoms with Crippen LogP contribution in [0.1, 0.15) is 24.1 Å². The summed E-state index contributed by atoms with van der Waals surface area (Å²) in [6.07, 6.45) is 1.85. The van der Waals surface area contributed by atoms with Crippen LogP contribution < -0.4 is 5.32 Å². The van der Waals surface area contributed by atoms with Gasteiger partial charge in [0.05, 0.1) is 27.7 Å². The molecule has 0 unspecified atom stereocenters. The van der Waals surface area contributed by atoms with Crippen LogP contribution in [-0.2, 0) is 4.79 Å². The largest absolute Gasteiger partial charge is 0.349 e. The van der Waals surface area contributed by atoms with Crippen LogP contribution in [-0.4, -0.2) is 22.9 Å². The van der Waals surface area contributed by atoms with Gasteiger partial charge in [-0.15, -0.1) is 11.3 Å². The van der Waals surface area contributed by atoms with Crippen molar-refractivity contribution in [3.8, 4) is 0 Å². The minimum atomic E-state index is -0.0178. The van der Waals surface area contributed by atoms with E-state index in [2.05, 4.69) is 31.2 Å². The van der Waals surface area contributed by atoms with Gasteiger partial charge in [0.25, 0.3) is 0 Å².